The fourth-order valence-electron chi connectivity index (χ4n) is 2.29. The lowest BCUT2D eigenvalue weighted by Crippen LogP contribution is -2.16. The number of hydrogen-bond donors (Lipinski definition) is 0. The molecule has 0 bridgehead atoms. The number of thiazole rings is 1. The molecule has 0 unspecified atom stereocenters. The average molecular weight is 411 g/mol. The molecule has 0 aliphatic rings. The summed E-state index contributed by atoms with van der Waals surface area (Å²) in [6.07, 6.45) is 0. The molecule has 3 aromatic rings. The molecule has 0 atom stereocenters. The third-order valence-corrected chi connectivity index (χ3v) is 6.41. The van der Waals surface area contributed by atoms with E-state index in [0.29, 0.717) is 11.3 Å². The number of fused-ring (bicyclic) bond motifs is 1. The molecule has 0 radical (unpaired) electrons. The predicted molar refractivity (Wildman–Crippen MR) is 97.1 cm³/mol. The van der Waals surface area contributed by atoms with Crippen molar-refractivity contribution in [3.8, 4) is 0 Å². The van der Waals surface area contributed by atoms with Crippen LogP contribution in [0.2, 0.25) is 0 Å². The standard InChI is InChI=1S/C16H15BrN2O2S2/c1-3-19-14-9-6-12(17)10-15(14)22-16(19)18-23(20,21)13-7-4-11(2)5-8-13/h4-10H,3H2,1-2H3/b18-16-. The van der Waals surface area contributed by atoms with E-state index in [0.717, 1.165) is 20.3 Å². The third kappa shape index (κ3) is 3.27. The highest BCUT2D eigenvalue weighted by atomic mass is 79.9. The van der Waals surface area contributed by atoms with Crippen molar-refractivity contribution in [3.05, 3.63) is 57.3 Å². The molecule has 0 saturated carbocycles. The Kier molecular flexibility index (Phi) is 4.44. The maximum atomic E-state index is 12.5. The summed E-state index contributed by atoms with van der Waals surface area (Å²) in [6, 6.07) is 12.6. The number of sulfonamides is 1. The van der Waals surface area contributed by atoms with E-state index in [1.54, 1.807) is 24.3 Å². The number of aromatic nitrogens is 1. The fourth-order valence-corrected chi connectivity index (χ4v) is 5.14. The summed E-state index contributed by atoms with van der Waals surface area (Å²) >= 11 is 4.82. The van der Waals surface area contributed by atoms with Gasteiger partial charge in [-0.15, -0.1) is 4.40 Å². The van der Waals surface area contributed by atoms with Crippen LogP contribution in [0.4, 0.5) is 0 Å². The van der Waals surface area contributed by atoms with E-state index < -0.39 is 10.0 Å². The maximum Gasteiger partial charge on any atom is 0.285 e. The molecule has 7 heteroatoms. The van der Waals surface area contributed by atoms with Gasteiger partial charge >= 0.3 is 0 Å². The zero-order valence-electron chi connectivity index (χ0n) is 12.7. The Morgan fingerprint density at radius 1 is 1.17 bits per heavy atom. The second-order valence-electron chi connectivity index (χ2n) is 5.12. The van der Waals surface area contributed by atoms with E-state index >= 15 is 0 Å². The quantitative estimate of drug-likeness (QED) is 0.652. The van der Waals surface area contributed by atoms with E-state index in [9.17, 15) is 8.42 Å². The van der Waals surface area contributed by atoms with Gasteiger partial charge in [0.2, 0.25) is 4.80 Å². The highest BCUT2D eigenvalue weighted by Crippen LogP contribution is 2.22. The highest BCUT2D eigenvalue weighted by molar-refractivity contribution is 9.10. The first kappa shape index (κ1) is 16.4. The van der Waals surface area contributed by atoms with Crippen molar-refractivity contribution in [3.63, 3.8) is 0 Å². The molecule has 1 aromatic heterocycles. The summed E-state index contributed by atoms with van der Waals surface area (Å²) < 4.78 is 33.0. The van der Waals surface area contributed by atoms with Gasteiger partial charge in [-0.1, -0.05) is 45.0 Å². The minimum Gasteiger partial charge on any atom is -0.316 e. The van der Waals surface area contributed by atoms with Crippen LogP contribution in [0.1, 0.15) is 12.5 Å². The van der Waals surface area contributed by atoms with Gasteiger partial charge < -0.3 is 4.57 Å². The molecule has 0 amide bonds. The fraction of sp³-hybridized carbons (Fsp3) is 0.188. The van der Waals surface area contributed by atoms with Crippen LogP contribution < -0.4 is 4.80 Å². The summed E-state index contributed by atoms with van der Waals surface area (Å²) in [5.41, 5.74) is 2.00. The van der Waals surface area contributed by atoms with E-state index in [-0.39, 0.29) is 4.90 Å². The van der Waals surface area contributed by atoms with Gasteiger partial charge in [-0.2, -0.15) is 8.42 Å². The van der Waals surface area contributed by atoms with E-state index in [2.05, 4.69) is 20.3 Å². The van der Waals surface area contributed by atoms with Gasteiger partial charge in [0.1, 0.15) is 0 Å². The normalized spacial score (nSPS) is 12.9. The Morgan fingerprint density at radius 3 is 2.52 bits per heavy atom. The van der Waals surface area contributed by atoms with Crippen LogP contribution in [0.3, 0.4) is 0 Å². The second-order valence-corrected chi connectivity index (χ2v) is 8.65. The van der Waals surface area contributed by atoms with Crippen molar-refractivity contribution in [2.75, 3.05) is 0 Å². The first-order chi connectivity index (χ1) is 10.9. The van der Waals surface area contributed by atoms with Crippen LogP contribution in [0.25, 0.3) is 10.2 Å². The molecular weight excluding hydrogens is 396 g/mol. The van der Waals surface area contributed by atoms with E-state index in [1.807, 2.05) is 36.6 Å². The Hall–Kier alpha value is -1.44. The molecular formula is C16H15BrN2O2S2. The lowest BCUT2D eigenvalue weighted by atomic mass is 10.2. The molecule has 0 saturated heterocycles. The molecule has 0 fully saturated rings. The molecule has 2 aromatic carbocycles. The number of rotatable bonds is 3. The van der Waals surface area contributed by atoms with Gasteiger partial charge in [0.25, 0.3) is 10.0 Å². The SMILES string of the molecule is CCn1/c(=N/S(=O)(=O)c2ccc(C)cc2)sc2cc(Br)ccc21. The Labute approximate surface area is 147 Å². The zero-order chi connectivity index (χ0) is 16.6. The van der Waals surface area contributed by atoms with Crippen LogP contribution >= 0.6 is 27.3 Å². The minimum absolute atomic E-state index is 0.212. The van der Waals surface area contributed by atoms with Crippen LogP contribution in [0.5, 0.6) is 0 Å². The van der Waals surface area contributed by atoms with Crippen LogP contribution in [-0.4, -0.2) is 13.0 Å². The molecule has 3 rings (SSSR count). The summed E-state index contributed by atoms with van der Waals surface area (Å²) in [5.74, 6) is 0. The van der Waals surface area contributed by atoms with Gasteiger partial charge in [-0.05, 0) is 44.2 Å². The minimum atomic E-state index is -3.72. The molecule has 0 N–H and O–H groups in total. The van der Waals surface area contributed by atoms with Gasteiger partial charge in [0.15, 0.2) is 0 Å². The van der Waals surface area contributed by atoms with Gasteiger partial charge in [-0.25, -0.2) is 0 Å². The number of halogens is 1. The van der Waals surface area contributed by atoms with Gasteiger partial charge in [0, 0.05) is 11.0 Å². The first-order valence-corrected chi connectivity index (χ1v) is 10.1. The second kappa shape index (κ2) is 6.22. The lowest BCUT2D eigenvalue weighted by molar-refractivity contribution is 0.595. The summed E-state index contributed by atoms with van der Waals surface area (Å²) in [5, 5.41) is 0. The number of nitrogens with zero attached hydrogens (tertiary/aromatic N) is 2. The monoisotopic (exact) mass is 410 g/mol. The molecule has 0 aliphatic heterocycles. The number of aryl methyl sites for hydroxylation is 2. The van der Waals surface area contributed by atoms with E-state index in [1.165, 1.54) is 11.3 Å². The van der Waals surface area contributed by atoms with Crippen molar-refractivity contribution < 1.29 is 8.42 Å². The van der Waals surface area contributed by atoms with Crippen molar-refractivity contribution in [2.24, 2.45) is 4.40 Å². The smallest absolute Gasteiger partial charge is 0.285 e. The topological polar surface area (TPSA) is 51.4 Å². The Morgan fingerprint density at radius 2 is 1.87 bits per heavy atom. The van der Waals surface area contributed by atoms with Crippen molar-refractivity contribution in [2.45, 2.75) is 25.3 Å². The lowest BCUT2D eigenvalue weighted by Gasteiger charge is -2.01. The first-order valence-electron chi connectivity index (χ1n) is 7.07. The van der Waals surface area contributed by atoms with Gasteiger partial charge in [-0.3, -0.25) is 0 Å². The van der Waals surface area contributed by atoms with Gasteiger partial charge in [0.05, 0.1) is 15.1 Å². The molecule has 23 heavy (non-hydrogen) atoms. The summed E-state index contributed by atoms with van der Waals surface area (Å²) in [4.78, 5) is 0.700. The number of hydrogen-bond acceptors (Lipinski definition) is 3. The molecule has 4 nitrogen and oxygen atoms in total. The van der Waals surface area contributed by atoms with E-state index in [4.69, 9.17) is 0 Å². The molecule has 0 aliphatic carbocycles. The van der Waals surface area contributed by atoms with Crippen molar-refractivity contribution >= 4 is 47.5 Å². The van der Waals surface area contributed by atoms with Crippen LogP contribution in [0, 0.1) is 6.92 Å². The maximum absolute atomic E-state index is 12.5. The van der Waals surface area contributed by atoms with Crippen molar-refractivity contribution in [1.82, 2.24) is 4.57 Å². The average Bonchev–Trinajstić information content (AvgIpc) is 2.82. The largest absolute Gasteiger partial charge is 0.316 e. The van der Waals surface area contributed by atoms with Crippen molar-refractivity contribution in [1.29, 1.82) is 0 Å². The number of benzene rings is 2. The predicted octanol–water partition coefficient (Wildman–Crippen LogP) is 4.08. The Balaban J connectivity index is 2.22. The zero-order valence-corrected chi connectivity index (χ0v) is 15.9. The van der Waals surface area contributed by atoms with Crippen LogP contribution in [0.15, 0.2) is 56.2 Å². The molecule has 120 valence electrons. The molecule has 1 heterocycles. The summed E-state index contributed by atoms with van der Waals surface area (Å²) in [7, 11) is -3.72. The molecule has 0 spiro atoms. The third-order valence-electron chi connectivity index (χ3n) is 3.48. The summed E-state index contributed by atoms with van der Waals surface area (Å²) in [6.45, 7) is 4.55. The highest BCUT2D eigenvalue weighted by Gasteiger charge is 2.14. The Bertz CT molecular complexity index is 1030. The van der Waals surface area contributed by atoms with Crippen LogP contribution in [-0.2, 0) is 16.6 Å².